The number of hydrogen-bond acceptors (Lipinski definition) is 6. The predicted molar refractivity (Wildman–Crippen MR) is 90.3 cm³/mol. The van der Waals surface area contributed by atoms with Crippen molar-refractivity contribution in [2.75, 3.05) is 11.5 Å². The number of rotatable bonds is 3. The minimum Gasteiger partial charge on any atom is -0.453 e. The van der Waals surface area contributed by atoms with Gasteiger partial charge in [0.25, 0.3) is 0 Å². The van der Waals surface area contributed by atoms with Crippen LogP contribution in [0.15, 0.2) is 28.7 Å². The van der Waals surface area contributed by atoms with Crippen LogP contribution in [-0.2, 0) is 16.3 Å². The summed E-state index contributed by atoms with van der Waals surface area (Å²) in [6, 6.07) is 7.90. The van der Waals surface area contributed by atoms with E-state index in [4.69, 9.17) is 4.42 Å². The average molecular weight is 348 g/mol. The second-order valence-corrected chi connectivity index (χ2v) is 9.32. The Hall–Kier alpha value is -1.73. The Bertz CT molecular complexity index is 972. The molecular formula is C16H16N2O3S2. The molecule has 5 nitrogen and oxygen atoms in total. The molecule has 0 amide bonds. The van der Waals surface area contributed by atoms with Gasteiger partial charge in [0.15, 0.2) is 20.6 Å². The summed E-state index contributed by atoms with van der Waals surface area (Å²) in [7, 11) is -2.85. The summed E-state index contributed by atoms with van der Waals surface area (Å²) in [6.45, 7) is 2.02. The summed E-state index contributed by atoms with van der Waals surface area (Å²) >= 11 is 1.49. The van der Waals surface area contributed by atoms with Gasteiger partial charge in [0.05, 0.1) is 11.5 Å². The Labute approximate surface area is 138 Å². The summed E-state index contributed by atoms with van der Waals surface area (Å²) < 4.78 is 29.0. The highest BCUT2D eigenvalue weighted by Gasteiger charge is 2.29. The molecule has 23 heavy (non-hydrogen) atoms. The Morgan fingerprint density at radius 3 is 2.87 bits per heavy atom. The van der Waals surface area contributed by atoms with Crippen LogP contribution in [-0.4, -0.2) is 30.1 Å². The number of aryl methyl sites for hydroxylation is 1. The first-order valence-electron chi connectivity index (χ1n) is 7.53. The molecule has 0 bridgehead atoms. The molecule has 1 fully saturated rings. The van der Waals surface area contributed by atoms with E-state index in [0.717, 1.165) is 38.7 Å². The highest BCUT2D eigenvalue weighted by atomic mass is 32.2. The number of furan rings is 1. The maximum Gasteiger partial charge on any atom is 0.183 e. The fraction of sp³-hybridized carbons (Fsp3) is 0.375. The zero-order valence-electron chi connectivity index (χ0n) is 12.7. The molecule has 1 atom stereocenters. The molecule has 1 aromatic carbocycles. The van der Waals surface area contributed by atoms with Gasteiger partial charge in [-0.15, -0.1) is 10.2 Å². The van der Waals surface area contributed by atoms with Gasteiger partial charge < -0.3 is 4.42 Å². The minimum atomic E-state index is -2.85. The van der Waals surface area contributed by atoms with Crippen molar-refractivity contribution < 1.29 is 12.8 Å². The van der Waals surface area contributed by atoms with Crippen molar-refractivity contribution in [3.63, 3.8) is 0 Å². The third-order valence-electron chi connectivity index (χ3n) is 4.29. The predicted octanol–water partition coefficient (Wildman–Crippen LogP) is 3.24. The monoisotopic (exact) mass is 348 g/mol. The number of sulfone groups is 1. The number of benzene rings is 1. The van der Waals surface area contributed by atoms with E-state index in [1.54, 1.807) is 0 Å². The van der Waals surface area contributed by atoms with Crippen molar-refractivity contribution >= 4 is 32.1 Å². The molecule has 0 radical (unpaired) electrons. The molecule has 2 aromatic heterocycles. The van der Waals surface area contributed by atoms with Crippen molar-refractivity contribution in [3.05, 3.63) is 34.8 Å². The first-order chi connectivity index (χ1) is 11.0. The van der Waals surface area contributed by atoms with Crippen molar-refractivity contribution in [2.24, 2.45) is 5.92 Å². The van der Waals surface area contributed by atoms with Crippen LogP contribution < -0.4 is 0 Å². The molecule has 1 aliphatic heterocycles. The van der Waals surface area contributed by atoms with Crippen molar-refractivity contribution in [1.29, 1.82) is 0 Å². The van der Waals surface area contributed by atoms with E-state index in [2.05, 4.69) is 10.2 Å². The average Bonchev–Trinajstić information content (AvgIpc) is 3.19. The Morgan fingerprint density at radius 1 is 1.30 bits per heavy atom. The third kappa shape index (κ3) is 2.79. The van der Waals surface area contributed by atoms with Gasteiger partial charge in [0, 0.05) is 17.4 Å². The molecule has 1 unspecified atom stereocenters. The van der Waals surface area contributed by atoms with Crippen molar-refractivity contribution in [2.45, 2.75) is 19.8 Å². The summed E-state index contributed by atoms with van der Waals surface area (Å²) in [5, 5.41) is 11.2. The number of hydrogen-bond donors (Lipinski definition) is 0. The molecule has 1 aliphatic rings. The highest BCUT2D eigenvalue weighted by Crippen LogP contribution is 2.35. The molecule has 120 valence electrons. The van der Waals surface area contributed by atoms with Crippen LogP contribution in [0.5, 0.6) is 0 Å². The van der Waals surface area contributed by atoms with Gasteiger partial charge >= 0.3 is 0 Å². The SMILES string of the molecule is Cc1c(-c2nnc(CC3CCS(=O)(=O)C3)s2)oc2ccccc12. The van der Waals surface area contributed by atoms with Gasteiger partial charge in [-0.3, -0.25) is 0 Å². The maximum atomic E-state index is 11.6. The summed E-state index contributed by atoms with van der Waals surface area (Å²) in [5.74, 6) is 1.49. The summed E-state index contributed by atoms with van der Waals surface area (Å²) in [4.78, 5) is 0. The van der Waals surface area contributed by atoms with E-state index in [9.17, 15) is 8.42 Å². The highest BCUT2D eigenvalue weighted by molar-refractivity contribution is 7.91. The fourth-order valence-electron chi connectivity index (χ4n) is 3.09. The second-order valence-electron chi connectivity index (χ2n) is 6.03. The zero-order valence-corrected chi connectivity index (χ0v) is 14.3. The van der Waals surface area contributed by atoms with Crippen LogP contribution in [0.4, 0.5) is 0 Å². The van der Waals surface area contributed by atoms with Gasteiger partial charge in [-0.25, -0.2) is 8.42 Å². The largest absolute Gasteiger partial charge is 0.453 e. The van der Waals surface area contributed by atoms with E-state index < -0.39 is 9.84 Å². The minimum absolute atomic E-state index is 0.164. The number of para-hydroxylation sites is 1. The lowest BCUT2D eigenvalue weighted by atomic mass is 10.1. The van der Waals surface area contributed by atoms with Crippen LogP contribution >= 0.6 is 11.3 Å². The van der Waals surface area contributed by atoms with Gasteiger partial charge in [0.2, 0.25) is 0 Å². The molecule has 0 aliphatic carbocycles. The van der Waals surface area contributed by atoms with Crippen LogP contribution in [0.25, 0.3) is 21.7 Å². The molecule has 4 rings (SSSR count). The lowest BCUT2D eigenvalue weighted by Crippen LogP contribution is -2.07. The molecule has 3 heterocycles. The fourth-order valence-corrected chi connectivity index (χ4v) is 5.94. The van der Waals surface area contributed by atoms with Crippen molar-refractivity contribution in [3.8, 4) is 10.8 Å². The van der Waals surface area contributed by atoms with Gasteiger partial charge in [-0.2, -0.15) is 0 Å². The maximum absolute atomic E-state index is 11.6. The molecule has 0 saturated carbocycles. The van der Waals surface area contributed by atoms with Crippen LogP contribution in [0.3, 0.4) is 0 Å². The van der Waals surface area contributed by atoms with E-state index in [1.807, 2.05) is 31.2 Å². The van der Waals surface area contributed by atoms with Gasteiger partial charge in [-0.1, -0.05) is 29.5 Å². The van der Waals surface area contributed by atoms with E-state index >= 15 is 0 Å². The first kappa shape index (κ1) is 14.8. The summed E-state index contributed by atoms with van der Waals surface area (Å²) in [6.07, 6.45) is 1.40. The Morgan fingerprint density at radius 2 is 2.13 bits per heavy atom. The smallest absolute Gasteiger partial charge is 0.183 e. The van der Waals surface area contributed by atoms with E-state index in [0.29, 0.717) is 12.2 Å². The van der Waals surface area contributed by atoms with Gasteiger partial charge in [0.1, 0.15) is 10.6 Å². The Balaban J connectivity index is 1.61. The van der Waals surface area contributed by atoms with Crippen LogP contribution in [0.2, 0.25) is 0 Å². The number of aromatic nitrogens is 2. The quantitative estimate of drug-likeness (QED) is 0.726. The third-order valence-corrected chi connectivity index (χ3v) is 7.08. The zero-order chi connectivity index (χ0) is 16.0. The number of fused-ring (bicyclic) bond motifs is 1. The topological polar surface area (TPSA) is 73.1 Å². The molecule has 0 N–H and O–H groups in total. The lowest BCUT2D eigenvalue weighted by molar-refractivity contribution is 0.580. The molecule has 3 aromatic rings. The standard InChI is InChI=1S/C16H16N2O3S2/c1-10-12-4-2-3-5-13(12)21-15(10)16-18-17-14(22-16)8-11-6-7-23(19,20)9-11/h2-5,11H,6-9H2,1H3. The van der Waals surface area contributed by atoms with E-state index in [-0.39, 0.29) is 11.7 Å². The summed E-state index contributed by atoms with van der Waals surface area (Å²) in [5.41, 5.74) is 1.91. The van der Waals surface area contributed by atoms with Crippen LogP contribution in [0.1, 0.15) is 17.0 Å². The molecule has 7 heteroatoms. The van der Waals surface area contributed by atoms with E-state index in [1.165, 1.54) is 11.3 Å². The molecule has 0 spiro atoms. The van der Waals surface area contributed by atoms with Crippen LogP contribution in [0, 0.1) is 12.8 Å². The lowest BCUT2D eigenvalue weighted by Gasteiger charge is -2.02. The van der Waals surface area contributed by atoms with Crippen molar-refractivity contribution in [1.82, 2.24) is 10.2 Å². The Kier molecular flexibility index (Phi) is 3.50. The molecule has 1 saturated heterocycles. The first-order valence-corrected chi connectivity index (χ1v) is 10.2. The van der Waals surface area contributed by atoms with Gasteiger partial charge in [-0.05, 0) is 25.3 Å². The normalized spacial score (nSPS) is 20.3. The molecular weight excluding hydrogens is 332 g/mol. The second kappa shape index (κ2) is 5.42. The number of nitrogens with zero attached hydrogens (tertiary/aromatic N) is 2.